The number of hydrogen-bond donors (Lipinski definition) is 2. The first kappa shape index (κ1) is 24.2. The molecule has 0 radical (unpaired) electrons. The molecule has 8 aromatic carbocycles. The topological polar surface area (TPSA) is 40.5 Å². The lowest BCUT2D eigenvalue weighted by molar-refractivity contribution is 0.483. The molecule has 8 aromatic rings. The van der Waals surface area contributed by atoms with Crippen LogP contribution in [0, 0.1) is 0 Å². The zero-order chi connectivity index (χ0) is 28.2. The Balaban J connectivity index is 1.54. The van der Waals surface area contributed by atoms with E-state index in [1.165, 1.54) is 0 Å². The van der Waals surface area contributed by atoms with Crippen molar-refractivity contribution in [3.8, 4) is 44.9 Å². The minimum absolute atomic E-state index is 0.264. The number of rotatable bonds is 3. The van der Waals surface area contributed by atoms with Crippen molar-refractivity contribution >= 4 is 43.1 Å². The summed E-state index contributed by atoms with van der Waals surface area (Å²) in [5, 5.41) is 31.3. The van der Waals surface area contributed by atoms with Crippen LogP contribution in [0.1, 0.15) is 0 Å². The lowest BCUT2D eigenvalue weighted by Crippen LogP contribution is -1.94. The highest BCUT2D eigenvalue weighted by Gasteiger charge is 2.22. The third kappa shape index (κ3) is 3.66. The van der Waals surface area contributed by atoms with Crippen LogP contribution in [0.5, 0.6) is 11.5 Å². The monoisotopic (exact) mass is 538 g/mol. The average molecular weight is 539 g/mol. The molecule has 0 aliphatic heterocycles. The lowest BCUT2D eigenvalue weighted by Gasteiger charge is -2.21. The zero-order valence-electron chi connectivity index (χ0n) is 22.8. The molecule has 0 heterocycles. The fraction of sp³-hybridized carbons (Fsp3) is 0. The highest BCUT2D eigenvalue weighted by atomic mass is 16.3. The quantitative estimate of drug-likeness (QED) is 0.235. The van der Waals surface area contributed by atoms with Crippen molar-refractivity contribution in [2.24, 2.45) is 0 Å². The van der Waals surface area contributed by atoms with Crippen LogP contribution in [0.15, 0.2) is 146 Å². The number of fused-ring (bicyclic) bond motifs is 4. The van der Waals surface area contributed by atoms with E-state index in [9.17, 15) is 10.2 Å². The van der Waals surface area contributed by atoms with Crippen molar-refractivity contribution in [3.05, 3.63) is 146 Å². The van der Waals surface area contributed by atoms with Crippen LogP contribution in [0.2, 0.25) is 0 Å². The Morgan fingerprint density at radius 3 is 0.929 bits per heavy atom. The molecule has 8 rings (SSSR count). The minimum atomic E-state index is 0.264. The summed E-state index contributed by atoms with van der Waals surface area (Å²) in [6.07, 6.45) is 0. The maximum atomic E-state index is 11.7. The molecule has 0 amide bonds. The molecule has 0 saturated heterocycles. The standard InChI is InChI=1S/C40H26O2/c41-39-31-15-7-3-11-27(31)19-23-35(39)33-21-17-25-9-1-5-13-29(25)37(33)38-30-14-6-2-10-26(30)18-22-34(38)36-24-20-28-12-4-8-16-32(28)40(36)42/h1-24,41-42H. The first-order valence-electron chi connectivity index (χ1n) is 14.1. The number of benzene rings is 8. The first-order valence-corrected chi connectivity index (χ1v) is 14.1. The van der Waals surface area contributed by atoms with Crippen LogP contribution in [0.4, 0.5) is 0 Å². The van der Waals surface area contributed by atoms with E-state index < -0.39 is 0 Å². The lowest BCUT2D eigenvalue weighted by atomic mass is 9.82. The molecule has 2 N–H and O–H groups in total. The largest absolute Gasteiger partial charge is 0.507 e. The van der Waals surface area contributed by atoms with Crippen molar-refractivity contribution in [1.82, 2.24) is 0 Å². The van der Waals surface area contributed by atoms with Crippen LogP contribution >= 0.6 is 0 Å². The number of hydrogen-bond acceptors (Lipinski definition) is 2. The third-order valence-corrected chi connectivity index (χ3v) is 8.49. The van der Waals surface area contributed by atoms with E-state index in [-0.39, 0.29) is 11.5 Å². The summed E-state index contributed by atoms with van der Waals surface area (Å²) < 4.78 is 0. The summed E-state index contributed by atoms with van der Waals surface area (Å²) in [7, 11) is 0. The molecular formula is C40H26O2. The summed E-state index contributed by atoms with van der Waals surface area (Å²) in [5.41, 5.74) is 5.48. The van der Waals surface area contributed by atoms with Gasteiger partial charge in [0.2, 0.25) is 0 Å². The van der Waals surface area contributed by atoms with Crippen LogP contribution in [-0.2, 0) is 0 Å². The molecule has 0 bridgehead atoms. The second-order valence-electron chi connectivity index (χ2n) is 10.8. The second-order valence-corrected chi connectivity index (χ2v) is 10.8. The summed E-state index contributed by atoms with van der Waals surface area (Å²) in [4.78, 5) is 0. The summed E-state index contributed by atoms with van der Waals surface area (Å²) >= 11 is 0. The van der Waals surface area contributed by atoms with Crippen molar-refractivity contribution in [2.45, 2.75) is 0 Å². The molecule has 0 saturated carbocycles. The maximum absolute atomic E-state index is 11.7. The Labute approximate surface area is 243 Å². The van der Waals surface area contributed by atoms with Crippen molar-refractivity contribution in [1.29, 1.82) is 0 Å². The highest BCUT2D eigenvalue weighted by molar-refractivity contribution is 6.16. The van der Waals surface area contributed by atoms with Gasteiger partial charge in [-0.2, -0.15) is 0 Å². The van der Waals surface area contributed by atoms with Crippen molar-refractivity contribution < 1.29 is 10.2 Å². The number of aromatic hydroxyl groups is 2. The molecular weight excluding hydrogens is 512 g/mol. The van der Waals surface area contributed by atoms with E-state index in [0.29, 0.717) is 0 Å². The van der Waals surface area contributed by atoms with E-state index in [1.807, 2.05) is 60.7 Å². The molecule has 0 spiro atoms. The fourth-order valence-corrected chi connectivity index (χ4v) is 6.48. The molecule has 0 atom stereocenters. The summed E-state index contributed by atoms with van der Waals surface area (Å²) in [5.74, 6) is 0.528. The van der Waals surface area contributed by atoms with Crippen LogP contribution in [-0.4, -0.2) is 10.2 Å². The van der Waals surface area contributed by atoms with Gasteiger partial charge >= 0.3 is 0 Å². The summed E-state index contributed by atoms with van der Waals surface area (Å²) in [6.45, 7) is 0. The van der Waals surface area contributed by atoms with Gasteiger partial charge < -0.3 is 10.2 Å². The van der Waals surface area contributed by atoms with E-state index in [1.54, 1.807) is 0 Å². The maximum Gasteiger partial charge on any atom is 0.131 e. The number of phenolic OH excluding ortho intramolecular Hbond substituents is 2. The first-order chi connectivity index (χ1) is 20.7. The highest BCUT2D eigenvalue weighted by Crippen LogP contribution is 2.50. The SMILES string of the molecule is Oc1c(-c2ccc3ccccc3c2-c2c(-c3ccc4ccccc4c3O)ccc3ccccc23)ccc2ccccc12. The van der Waals surface area contributed by atoms with Gasteiger partial charge in [-0.25, -0.2) is 0 Å². The molecule has 2 heteroatoms. The van der Waals surface area contributed by atoms with E-state index in [4.69, 9.17) is 0 Å². The van der Waals surface area contributed by atoms with Gasteiger partial charge in [0.25, 0.3) is 0 Å². The molecule has 0 unspecified atom stereocenters. The second kappa shape index (κ2) is 9.50. The van der Waals surface area contributed by atoms with Gasteiger partial charge in [-0.05, 0) is 66.7 Å². The van der Waals surface area contributed by atoms with Gasteiger partial charge in [-0.1, -0.05) is 133 Å². The Kier molecular flexibility index (Phi) is 5.48. The number of phenols is 2. The minimum Gasteiger partial charge on any atom is -0.507 e. The van der Waals surface area contributed by atoms with Crippen LogP contribution in [0.3, 0.4) is 0 Å². The smallest absolute Gasteiger partial charge is 0.131 e. The van der Waals surface area contributed by atoms with Crippen LogP contribution < -0.4 is 0 Å². The van der Waals surface area contributed by atoms with Gasteiger partial charge in [0.1, 0.15) is 11.5 Å². The Morgan fingerprint density at radius 2 is 0.548 bits per heavy atom. The van der Waals surface area contributed by atoms with E-state index in [0.717, 1.165) is 76.5 Å². The van der Waals surface area contributed by atoms with E-state index >= 15 is 0 Å². The Morgan fingerprint density at radius 1 is 0.262 bits per heavy atom. The van der Waals surface area contributed by atoms with Crippen molar-refractivity contribution in [2.75, 3.05) is 0 Å². The normalized spacial score (nSPS) is 11.5. The zero-order valence-corrected chi connectivity index (χ0v) is 22.8. The predicted octanol–water partition coefficient (Wildman–Crippen LogP) is 10.7. The van der Waals surface area contributed by atoms with Gasteiger partial charge in [0, 0.05) is 21.9 Å². The van der Waals surface area contributed by atoms with Crippen molar-refractivity contribution in [3.63, 3.8) is 0 Å². The van der Waals surface area contributed by atoms with Gasteiger partial charge in [0.05, 0.1) is 0 Å². The van der Waals surface area contributed by atoms with Gasteiger partial charge in [-0.3, -0.25) is 0 Å². The average Bonchev–Trinajstić information content (AvgIpc) is 3.05. The van der Waals surface area contributed by atoms with Gasteiger partial charge in [0.15, 0.2) is 0 Å². The Bertz CT molecular complexity index is 2160. The molecule has 198 valence electrons. The molecule has 0 aliphatic rings. The molecule has 0 aromatic heterocycles. The molecule has 0 aliphatic carbocycles. The molecule has 42 heavy (non-hydrogen) atoms. The fourth-order valence-electron chi connectivity index (χ4n) is 6.48. The Hall–Kier alpha value is -5.60. The van der Waals surface area contributed by atoms with Crippen LogP contribution in [0.25, 0.3) is 76.5 Å². The molecule has 0 fully saturated rings. The predicted molar refractivity (Wildman–Crippen MR) is 176 cm³/mol. The van der Waals surface area contributed by atoms with Gasteiger partial charge in [-0.15, -0.1) is 0 Å². The summed E-state index contributed by atoms with van der Waals surface area (Å²) in [6, 6.07) is 49.3. The van der Waals surface area contributed by atoms with E-state index in [2.05, 4.69) is 84.9 Å². The molecule has 2 nitrogen and oxygen atoms in total. The third-order valence-electron chi connectivity index (χ3n) is 8.49.